The van der Waals surface area contributed by atoms with Crippen molar-refractivity contribution in [2.24, 2.45) is 5.92 Å². The molecule has 2 N–H and O–H groups in total. The van der Waals surface area contributed by atoms with Gasteiger partial charge in [-0.25, -0.2) is 0 Å². The first-order valence-corrected chi connectivity index (χ1v) is 6.72. The van der Waals surface area contributed by atoms with E-state index in [1.165, 1.54) is 0 Å². The van der Waals surface area contributed by atoms with E-state index in [1.54, 1.807) is 0 Å². The summed E-state index contributed by atoms with van der Waals surface area (Å²) in [5.41, 5.74) is 1.81. The number of ketones is 1. The minimum atomic E-state index is -0.0349. The molecule has 1 heterocycles. The van der Waals surface area contributed by atoms with Crippen LogP contribution in [0.15, 0.2) is 24.3 Å². The Bertz CT molecular complexity index is 450. The highest BCUT2D eigenvalue weighted by atomic mass is 16.2. The Morgan fingerprint density at radius 3 is 2.47 bits per heavy atom. The summed E-state index contributed by atoms with van der Waals surface area (Å²) in [7, 11) is 0. The first-order chi connectivity index (χ1) is 9.15. The average molecular weight is 260 g/mol. The van der Waals surface area contributed by atoms with E-state index in [0.29, 0.717) is 18.0 Å². The van der Waals surface area contributed by atoms with Gasteiger partial charge in [0.15, 0.2) is 5.78 Å². The predicted octanol–water partition coefficient (Wildman–Crippen LogP) is 1.29. The van der Waals surface area contributed by atoms with Crippen molar-refractivity contribution in [3.05, 3.63) is 35.4 Å². The molecule has 1 amide bonds. The Kier molecular flexibility index (Phi) is 4.68. The molecule has 0 saturated carbocycles. The van der Waals surface area contributed by atoms with E-state index in [-0.39, 0.29) is 24.5 Å². The largest absolute Gasteiger partial charge is 0.356 e. The highest BCUT2D eigenvalue weighted by Crippen LogP contribution is 2.08. The van der Waals surface area contributed by atoms with Crippen LogP contribution in [0.2, 0.25) is 0 Å². The lowest BCUT2D eigenvalue weighted by Crippen LogP contribution is -2.48. The highest BCUT2D eigenvalue weighted by molar-refractivity contribution is 5.97. The smallest absolute Gasteiger partial charge is 0.220 e. The number of nitrogens with one attached hydrogen (secondary N) is 2. The topological polar surface area (TPSA) is 58.2 Å². The second kappa shape index (κ2) is 6.48. The maximum absolute atomic E-state index is 11.9. The third-order valence-electron chi connectivity index (χ3n) is 3.41. The lowest BCUT2D eigenvalue weighted by Gasteiger charge is -2.27. The maximum Gasteiger partial charge on any atom is 0.220 e. The molecule has 0 atom stereocenters. The second-order valence-corrected chi connectivity index (χ2v) is 5.12. The van der Waals surface area contributed by atoms with Crippen LogP contribution >= 0.6 is 0 Å². The third kappa shape index (κ3) is 4.17. The molecule has 1 saturated heterocycles. The zero-order chi connectivity index (χ0) is 13.7. The number of aryl methyl sites for hydroxylation is 1. The van der Waals surface area contributed by atoms with E-state index in [9.17, 15) is 9.59 Å². The van der Waals surface area contributed by atoms with Crippen molar-refractivity contribution < 1.29 is 9.59 Å². The van der Waals surface area contributed by atoms with Crippen LogP contribution in [-0.4, -0.2) is 31.3 Å². The lowest BCUT2D eigenvalue weighted by atomic mass is 10.0. The number of hydrogen-bond acceptors (Lipinski definition) is 3. The van der Waals surface area contributed by atoms with E-state index >= 15 is 0 Å². The summed E-state index contributed by atoms with van der Waals surface area (Å²) >= 11 is 0. The number of hydrogen-bond donors (Lipinski definition) is 2. The molecule has 0 aliphatic carbocycles. The Morgan fingerprint density at radius 1 is 1.21 bits per heavy atom. The average Bonchev–Trinajstić information content (AvgIpc) is 2.35. The molecule has 1 aliphatic rings. The van der Waals surface area contributed by atoms with Crippen LogP contribution < -0.4 is 10.6 Å². The molecule has 102 valence electrons. The summed E-state index contributed by atoms with van der Waals surface area (Å²) in [6, 6.07) is 7.46. The van der Waals surface area contributed by atoms with Gasteiger partial charge in [-0.3, -0.25) is 9.59 Å². The molecule has 1 aliphatic heterocycles. The van der Waals surface area contributed by atoms with Crippen molar-refractivity contribution >= 4 is 11.7 Å². The first-order valence-electron chi connectivity index (χ1n) is 6.72. The van der Waals surface area contributed by atoms with Crippen molar-refractivity contribution in [3.8, 4) is 0 Å². The lowest BCUT2D eigenvalue weighted by molar-refractivity contribution is -0.121. The van der Waals surface area contributed by atoms with Crippen LogP contribution in [0.4, 0.5) is 0 Å². The quantitative estimate of drug-likeness (QED) is 0.758. The van der Waals surface area contributed by atoms with E-state index in [2.05, 4.69) is 10.6 Å². The number of benzene rings is 1. The van der Waals surface area contributed by atoms with Crippen LogP contribution in [0.3, 0.4) is 0 Å². The van der Waals surface area contributed by atoms with E-state index < -0.39 is 0 Å². The molecule has 2 rings (SSSR count). The highest BCUT2D eigenvalue weighted by Gasteiger charge is 2.17. The fraction of sp³-hybridized carbons (Fsp3) is 0.467. The minimum absolute atomic E-state index is 0.0282. The van der Waals surface area contributed by atoms with Crippen LogP contribution in [0.1, 0.15) is 28.8 Å². The second-order valence-electron chi connectivity index (χ2n) is 5.12. The molecule has 4 heteroatoms. The van der Waals surface area contributed by atoms with Crippen molar-refractivity contribution in [1.29, 1.82) is 0 Å². The molecule has 0 bridgehead atoms. The van der Waals surface area contributed by atoms with Crippen molar-refractivity contribution in [2.75, 3.05) is 19.6 Å². The van der Waals surface area contributed by atoms with Crippen LogP contribution in [0.5, 0.6) is 0 Å². The Morgan fingerprint density at radius 2 is 1.89 bits per heavy atom. The van der Waals surface area contributed by atoms with Gasteiger partial charge < -0.3 is 10.6 Å². The fourth-order valence-electron chi connectivity index (χ4n) is 1.95. The van der Waals surface area contributed by atoms with Gasteiger partial charge in [0.1, 0.15) is 0 Å². The molecule has 0 spiro atoms. The van der Waals surface area contributed by atoms with Gasteiger partial charge in [0.25, 0.3) is 0 Å². The first kappa shape index (κ1) is 13.7. The van der Waals surface area contributed by atoms with Crippen LogP contribution in [0.25, 0.3) is 0 Å². The molecule has 0 unspecified atom stereocenters. The van der Waals surface area contributed by atoms with Crippen molar-refractivity contribution in [1.82, 2.24) is 10.6 Å². The van der Waals surface area contributed by atoms with Crippen molar-refractivity contribution in [3.63, 3.8) is 0 Å². The zero-order valence-electron chi connectivity index (χ0n) is 11.2. The van der Waals surface area contributed by atoms with E-state index in [0.717, 1.165) is 18.7 Å². The molecule has 0 aromatic heterocycles. The van der Waals surface area contributed by atoms with E-state index in [4.69, 9.17) is 0 Å². The molecule has 1 aromatic carbocycles. The monoisotopic (exact) mass is 260 g/mol. The number of carbonyl (C=O) groups excluding carboxylic acids is 2. The number of Topliss-reactive ketones (excluding diaryl/α,β-unsaturated/α-hetero) is 1. The van der Waals surface area contributed by atoms with Gasteiger partial charge >= 0.3 is 0 Å². The van der Waals surface area contributed by atoms with Crippen LogP contribution in [-0.2, 0) is 4.79 Å². The standard InChI is InChI=1S/C15H20N2O2/c1-11-2-4-13(5-3-11)14(18)6-7-15(19)17-10-12-8-16-9-12/h2-5,12,16H,6-10H2,1H3,(H,17,19). The van der Waals surface area contributed by atoms with Gasteiger partial charge in [0.2, 0.25) is 5.91 Å². The number of carbonyl (C=O) groups is 2. The van der Waals surface area contributed by atoms with Gasteiger partial charge in [-0.15, -0.1) is 0 Å². The molecule has 19 heavy (non-hydrogen) atoms. The molecule has 1 fully saturated rings. The molecule has 4 nitrogen and oxygen atoms in total. The molecular formula is C15H20N2O2. The Hall–Kier alpha value is -1.68. The van der Waals surface area contributed by atoms with Crippen molar-refractivity contribution in [2.45, 2.75) is 19.8 Å². The summed E-state index contributed by atoms with van der Waals surface area (Å²) < 4.78 is 0. The molecule has 1 aromatic rings. The summed E-state index contributed by atoms with van der Waals surface area (Å²) in [5, 5.41) is 6.03. The Labute approximate surface area is 113 Å². The fourth-order valence-corrected chi connectivity index (χ4v) is 1.95. The Balaban J connectivity index is 1.70. The minimum Gasteiger partial charge on any atom is -0.356 e. The molecule has 0 radical (unpaired) electrons. The van der Waals surface area contributed by atoms with Gasteiger partial charge in [-0.05, 0) is 6.92 Å². The summed E-state index contributed by atoms with van der Waals surface area (Å²) in [6.07, 6.45) is 0.546. The van der Waals surface area contributed by atoms with Gasteiger partial charge in [0.05, 0.1) is 0 Å². The summed E-state index contributed by atoms with van der Waals surface area (Å²) in [6.45, 7) is 4.65. The number of amides is 1. The SMILES string of the molecule is Cc1ccc(C(=O)CCC(=O)NCC2CNC2)cc1. The van der Waals surface area contributed by atoms with Gasteiger partial charge in [-0.1, -0.05) is 29.8 Å². The van der Waals surface area contributed by atoms with Crippen LogP contribution in [0, 0.1) is 12.8 Å². The zero-order valence-corrected chi connectivity index (χ0v) is 11.2. The summed E-state index contributed by atoms with van der Waals surface area (Å²) in [4.78, 5) is 23.5. The normalized spacial score (nSPS) is 14.8. The predicted molar refractivity (Wildman–Crippen MR) is 74.1 cm³/mol. The van der Waals surface area contributed by atoms with Gasteiger partial charge in [-0.2, -0.15) is 0 Å². The molecular weight excluding hydrogens is 240 g/mol. The maximum atomic E-state index is 11.9. The van der Waals surface area contributed by atoms with Gasteiger partial charge in [0, 0.05) is 44.0 Å². The third-order valence-corrected chi connectivity index (χ3v) is 3.41. The summed E-state index contributed by atoms with van der Waals surface area (Å²) in [5.74, 6) is 0.546. The van der Waals surface area contributed by atoms with E-state index in [1.807, 2.05) is 31.2 Å². The number of rotatable bonds is 6.